The van der Waals surface area contributed by atoms with Gasteiger partial charge in [0, 0.05) is 12.3 Å². The maximum atomic E-state index is 13.3. The van der Waals surface area contributed by atoms with Gasteiger partial charge in [0.15, 0.2) is 21.3 Å². The van der Waals surface area contributed by atoms with Gasteiger partial charge in [-0.2, -0.15) is 0 Å². The Morgan fingerprint density at radius 3 is 2.72 bits per heavy atom. The summed E-state index contributed by atoms with van der Waals surface area (Å²) < 4.78 is 25.7. The van der Waals surface area contributed by atoms with E-state index in [-0.39, 0.29) is 34.6 Å². The second-order valence-corrected chi connectivity index (χ2v) is 10.5. The molecule has 3 rings (SSSR count). The van der Waals surface area contributed by atoms with Crippen LogP contribution in [-0.2, 0) is 9.84 Å². The zero-order valence-electron chi connectivity index (χ0n) is 18.5. The first-order valence-electron chi connectivity index (χ1n) is 10.6. The third-order valence-corrected chi connectivity index (χ3v) is 7.83. The van der Waals surface area contributed by atoms with E-state index in [0.29, 0.717) is 27.9 Å². The average Bonchev–Trinajstić information content (AvgIpc) is 2.71. The van der Waals surface area contributed by atoms with Crippen molar-refractivity contribution in [3.8, 4) is 0 Å². The van der Waals surface area contributed by atoms with Gasteiger partial charge >= 0.3 is 0 Å². The van der Waals surface area contributed by atoms with Crippen molar-refractivity contribution < 1.29 is 8.42 Å². The van der Waals surface area contributed by atoms with E-state index >= 15 is 0 Å². The first-order valence-corrected chi connectivity index (χ1v) is 12.6. The number of fused-ring (bicyclic) bond motifs is 1. The number of nitrogens with one attached hydrogen (secondary N) is 1. The Morgan fingerprint density at radius 2 is 2.12 bits per heavy atom. The summed E-state index contributed by atoms with van der Waals surface area (Å²) in [5.74, 6) is 0.559. The van der Waals surface area contributed by atoms with Crippen LogP contribution < -0.4 is 10.9 Å². The Morgan fingerprint density at radius 1 is 1.41 bits per heavy atom. The summed E-state index contributed by atoms with van der Waals surface area (Å²) in [6, 6.07) is 3.34. The molecule has 2 heterocycles. The number of anilines is 1. The summed E-state index contributed by atoms with van der Waals surface area (Å²) in [6.07, 6.45) is 6.07. The fraction of sp³-hybridized carbons (Fsp3) is 0.455. The van der Waals surface area contributed by atoms with Crippen molar-refractivity contribution >= 4 is 44.6 Å². The van der Waals surface area contributed by atoms with E-state index in [0.717, 1.165) is 19.3 Å². The van der Waals surface area contributed by atoms with Crippen LogP contribution in [0, 0.1) is 5.92 Å². The van der Waals surface area contributed by atoms with E-state index in [1.54, 1.807) is 30.5 Å². The third kappa shape index (κ3) is 5.10. The first-order chi connectivity index (χ1) is 15.2. The number of aromatic nitrogens is 3. The molecule has 1 aliphatic rings. The van der Waals surface area contributed by atoms with E-state index < -0.39 is 9.84 Å². The molecule has 0 bridgehead atoms. The van der Waals surface area contributed by atoms with Crippen LogP contribution in [0.4, 0.5) is 5.82 Å². The zero-order valence-corrected chi connectivity index (χ0v) is 20.1. The molecular formula is C22H28ClN5O3S. The number of aliphatic imine (C=N–C) groups is 1. The SMILES string of the molecule is C=C(CNc1nc2ccc(Cl)nc2n([C@H](C)C2CCC2)c1=O)N=C/C(=C\C)S(=O)(=O)CC. The summed E-state index contributed by atoms with van der Waals surface area (Å²) in [5, 5.41) is 3.30. The fourth-order valence-electron chi connectivity index (χ4n) is 3.57. The van der Waals surface area contributed by atoms with Crippen molar-refractivity contribution in [2.45, 2.75) is 46.1 Å². The van der Waals surface area contributed by atoms with Gasteiger partial charge in [0.1, 0.15) is 10.7 Å². The van der Waals surface area contributed by atoms with Crippen LogP contribution in [0.15, 0.2) is 45.2 Å². The lowest BCUT2D eigenvalue weighted by Crippen LogP contribution is -2.34. The molecule has 1 fully saturated rings. The van der Waals surface area contributed by atoms with Crippen molar-refractivity contribution in [1.82, 2.24) is 14.5 Å². The molecule has 0 unspecified atom stereocenters. The second-order valence-electron chi connectivity index (χ2n) is 7.82. The molecule has 0 spiro atoms. The number of halogens is 1. The Labute approximate surface area is 193 Å². The largest absolute Gasteiger partial charge is 0.360 e. The predicted molar refractivity (Wildman–Crippen MR) is 130 cm³/mol. The van der Waals surface area contributed by atoms with Gasteiger partial charge in [-0.05, 0) is 44.7 Å². The van der Waals surface area contributed by atoms with Crippen molar-refractivity contribution in [2.24, 2.45) is 10.9 Å². The monoisotopic (exact) mass is 477 g/mol. The zero-order chi connectivity index (χ0) is 23.5. The van der Waals surface area contributed by atoms with Gasteiger partial charge < -0.3 is 5.32 Å². The van der Waals surface area contributed by atoms with Crippen LogP contribution in [0.2, 0.25) is 5.15 Å². The summed E-state index contributed by atoms with van der Waals surface area (Å²) in [7, 11) is -3.36. The topological polar surface area (TPSA) is 106 Å². The molecule has 2 aromatic heterocycles. The molecule has 0 aromatic carbocycles. The van der Waals surface area contributed by atoms with Crippen LogP contribution >= 0.6 is 11.6 Å². The molecular weight excluding hydrogens is 450 g/mol. The quantitative estimate of drug-likeness (QED) is 0.429. The number of hydrogen-bond acceptors (Lipinski definition) is 7. The average molecular weight is 478 g/mol. The highest BCUT2D eigenvalue weighted by molar-refractivity contribution is 7.96. The molecule has 0 amide bonds. The van der Waals surface area contributed by atoms with Crippen molar-refractivity contribution in [1.29, 1.82) is 0 Å². The minimum absolute atomic E-state index is 0.0127. The number of allylic oxidation sites excluding steroid dienone is 2. The Balaban J connectivity index is 1.87. The maximum Gasteiger partial charge on any atom is 0.295 e. The molecule has 1 saturated carbocycles. The van der Waals surface area contributed by atoms with Gasteiger partial charge in [-0.25, -0.2) is 18.4 Å². The summed E-state index contributed by atoms with van der Waals surface area (Å²) in [5.41, 5.74) is 1.10. The minimum atomic E-state index is -3.36. The molecule has 1 atom stereocenters. The third-order valence-electron chi connectivity index (χ3n) is 5.80. The van der Waals surface area contributed by atoms with Crippen LogP contribution in [-0.4, -0.2) is 41.5 Å². The lowest BCUT2D eigenvalue weighted by atomic mass is 9.80. The van der Waals surface area contributed by atoms with Gasteiger partial charge in [-0.15, -0.1) is 0 Å². The van der Waals surface area contributed by atoms with Gasteiger partial charge in [-0.1, -0.05) is 37.6 Å². The van der Waals surface area contributed by atoms with E-state index in [4.69, 9.17) is 11.6 Å². The number of pyridine rings is 1. The molecule has 0 radical (unpaired) electrons. The van der Waals surface area contributed by atoms with Crippen molar-refractivity contribution in [3.05, 3.63) is 50.9 Å². The molecule has 0 aliphatic heterocycles. The Kier molecular flexibility index (Phi) is 7.51. The Bertz CT molecular complexity index is 1250. The van der Waals surface area contributed by atoms with Gasteiger partial charge in [0.25, 0.3) is 5.56 Å². The number of nitrogens with zero attached hydrogens (tertiary/aromatic N) is 4. The Hall–Kier alpha value is -2.52. The van der Waals surface area contributed by atoms with Gasteiger partial charge in [-0.3, -0.25) is 14.4 Å². The lowest BCUT2D eigenvalue weighted by molar-refractivity contribution is 0.222. The fourth-order valence-corrected chi connectivity index (χ4v) is 4.62. The van der Waals surface area contributed by atoms with Crippen LogP contribution in [0.5, 0.6) is 0 Å². The molecule has 172 valence electrons. The molecule has 1 N–H and O–H groups in total. The van der Waals surface area contributed by atoms with E-state index in [9.17, 15) is 13.2 Å². The van der Waals surface area contributed by atoms with Crippen LogP contribution in [0.3, 0.4) is 0 Å². The normalized spacial score (nSPS) is 16.3. The second kappa shape index (κ2) is 9.95. The van der Waals surface area contributed by atoms with Crippen LogP contribution in [0.1, 0.15) is 46.1 Å². The minimum Gasteiger partial charge on any atom is -0.360 e. The van der Waals surface area contributed by atoms with Crippen molar-refractivity contribution in [3.63, 3.8) is 0 Å². The highest BCUT2D eigenvalue weighted by Gasteiger charge is 2.28. The van der Waals surface area contributed by atoms with Crippen LogP contribution in [0.25, 0.3) is 11.2 Å². The molecule has 8 nitrogen and oxygen atoms in total. The lowest BCUT2D eigenvalue weighted by Gasteiger charge is -2.33. The summed E-state index contributed by atoms with van der Waals surface area (Å²) in [6.45, 7) is 9.21. The predicted octanol–water partition coefficient (Wildman–Crippen LogP) is 4.14. The molecule has 10 heteroatoms. The first kappa shape index (κ1) is 24.1. The molecule has 2 aromatic rings. The van der Waals surface area contributed by atoms with Gasteiger partial charge in [0.05, 0.1) is 22.9 Å². The molecule has 32 heavy (non-hydrogen) atoms. The van der Waals surface area contributed by atoms with E-state index in [2.05, 4.69) is 26.9 Å². The number of hydrogen-bond donors (Lipinski definition) is 1. The highest BCUT2D eigenvalue weighted by Crippen LogP contribution is 2.36. The van der Waals surface area contributed by atoms with E-state index in [1.807, 2.05) is 6.92 Å². The smallest absolute Gasteiger partial charge is 0.295 e. The number of rotatable bonds is 9. The standard InChI is InChI=1S/C22H28ClN5O3S/c1-5-17(32(30,31)6-2)13-24-14(3)12-25-20-22(29)28(15(4)16-8-7-9-16)21-18(26-20)10-11-19(23)27-21/h5,10-11,13,15-16H,3,6-9,12H2,1-2,4H3,(H,25,26)/b17-5+,24-13?/t15-/m1/s1. The van der Waals surface area contributed by atoms with Crippen molar-refractivity contribution in [2.75, 3.05) is 17.6 Å². The summed E-state index contributed by atoms with van der Waals surface area (Å²) >= 11 is 6.09. The summed E-state index contributed by atoms with van der Waals surface area (Å²) in [4.78, 5) is 26.3. The molecule has 1 aliphatic carbocycles. The molecule has 0 saturated heterocycles. The highest BCUT2D eigenvalue weighted by atomic mass is 35.5. The van der Waals surface area contributed by atoms with E-state index in [1.165, 1.54) is 12.3 Å². The number of sulfone groups is 1. The van der Waals surface area contributed by atoms with Gasteiger partial charge in [0.2, 0.25) is 0 Å². The maximum absolute atomic E-state index is 13.3.